The molecule has 0 unspecified atom stereocenters. The molecule has 1 N–H and O–H groups in total. The number of thioether (sulfide) groups is 1. The maximum Gasteiger partial charge on any atom is 0.427 e. The number of nitrogens with zero attached hydrogens (tertiary/aromatic N) is 6. The molecule has 13 nitrogen and oxygen atoms in total. The maximum atomic E-state index is 13.4. The summed E-state index contributed by atoms with van der Waals surface area (Å²) in [4.78, 5) is 52.8. The minimum atomic E-state index is -1.01. The van der Waals surface area contributed by atoms with Crippen LogP contribution in [-0.4, -0.2) is 72.1 Å². The lowest BCUT2D eigenvalue weighted by Crippen LogP contribution is -2.44. The summed E-state index contributed by atoms with van der Waals surface area (Å²) >= 11 is 1.26. The molecule has 14 heteroatoms. The van der Waals surface area contributed by atoms with Gasteiger partial charge in [-0.15, -0.1) is 16.7 Å². The third-order valence-corrected chi connectivity index (χ3v) is 7.17. The Morgan fingerprint density at radius 2 is 1.67 bits per heavy atom. The molecule has 0 atom stereocenters. The highest BCUT2D eigenvalue weighted by atomic mass is 32.2. The zero-order valence-corrected chi connectivity index (χ0v) is 26.6. The van der Waals surface area contributed by atoms with Gasteiger partial charge in [-0.1, -0.05) is 0 Å². The number of rotatable bonds is 6. The van der Waals surface area contributed by atoms with Crippen LogP contribution in [0.15, 0.2) is 16.8 Å². The van der Waals surface area contributed by atoms with Crippen LogP contribution >= 0.6 is 11.8 Å². The Hall–Kier alpha value is -4.20. The number of aryl methyl sites for hydroxylation is 1. The maximum absolute atomic E-state index is 13.4. The fraction of sp³-hybridized carbons (Fsp3) is 0.483. The minimum Gasteiger partial charge on any atom is -0.496 e. The molecule has 0 saturated heterocycles. The van der Waals surface area contributed by atoms with Gasteiger partial charge in [0.2, 0.25) is 5.95 Å². The lowest BCUT2D eigenvalue weighted by atomic mass is 10.1. The SMILES string of the molecule is COc1c(C)cnc(Cn2nc3c4c(nc(N(C(=O)OC(C)(C)C)C(=O)OC(C)(C)C)nc42)SCC(CC(=O)O)=C3)c1C. The molecule has 0 aromatic carbocycles. The van der Waals surface area contributed by atoms with E-state index in [1.54, 1.807) is 65.6 Å². The Kier molecular flexibility index (Phi) is 8.72. The Labute approximate surface area is 253 Å². The molecule has 3 aromatic heterocycles. The number of imide groups is 1. The summed E-state index contributed by atoms with van der Waals surface area (Å²) in [5.74, 6) is -0.242. The van der Waals surface area contributed by atoms with Crippen molar-refractivity contribution in [3.63, 3.8) is 0 Å². The number of anilines is 1. The number of carbonyl (C=O) groups is 3. The van der Waals surface area contributed by atoms with Crippen LogP contribution in [-0.2, 0) is 20.8 Å². The van der Waals surface area contributed by atoms with Gasteiger partial charge in [0.25, 0.3) is 0 Å². The molecule has 4 rings (SSSR count). The molecule has 0 bridgehead atoms. The number of carbonyl (C=O) groups excluding carboxylic acids is 2. The normalized spacial score (nSPS) is 13.3. The first-order valence-electron chi connectivity index (χ1n) is 13.5. The summed E-state index contributed by atoms with van der Waals surface area (Å²) in [5, 5.41) is 15.2. The molecule has 0 fully saturated rings. The van der Waals surface area contributed by atoms with Crippen molar-refractivity contribution in [1.82, 2.24) is 24.7 Å². The highest BCUT2D eigenvalue weighted by molar-refractivity contribution is 7.99. The van der Waals surface area contributed by atoms with E-state index in [1.165, 1.54) is 11.8 Å². The van der Waals surface area contributed by atoms with E-state index in [9.17, 15) is 19.5 Å². The standard InChI is InChI=1S/C29H36N6O7S/c1-15-12-30-19(16(2)22(15)40-9)13-34-23-21-18(33-34)10-17(11-20(36)37)14-43-24(21)32-25(31-23)35(26(38)41-28(3,4)5)27(39)42-29(6,7)8/h10,12H,11,13-14H2,1-9H3,(H,36,37). The number of pyridine rings is 1. The molecule has 230 valence electrons. The van der Waals surface area contributed by atoms with Crippen molar-refractivity contribution >= 4 is 53.0 Å². The Balaban J connectivity index is 1.94. The molecule has 4 heterocycles. The van der Waals surface area contributed by atoms with Gasteiger partial charge in [-0.05, 0) is 67.0 Å². The number of aromatic nitrogens is 5. The monoisotopic (exact) mass is 612 g/mol. The second-order valence-corrected chi connectivity index (χ2v) is 13.0. The number of methoxy groups -OCH3 is 1. The molecule has 0 radical (unpaired) electrons. The topological polar surface area (TPSA) is 159 Å². The van der Waals surface area contributed by atoms with Crippen LogP contribution in [0.1, 0.15) is 70.5 Å². The third-order valence-electron chi connectivity index (χ3n) is 6.09. The molecular weight excluding hydrogens is 576 g/mol. The average Bonchev–Trinajstić information content (AvgIpc) is 3.08. The van der Waals surface area contributed by atoms with Crippen LogP contribution in [0.4, 0.5) is 15.5 Å². The van der Waals surface area contributed by atoms with Gasteiger partial charge in [-0.3, -0.25) is 9.78 Å². The van der Waals surface area contributed by atoms with Crippen molar-refractivity contribution in [3.05, 3.63) is 34.3 Å². The first-order valence-corrected chi connectivity index (χ1v) is 14.5. The first-order chi connectivity index (χ1) is 20.0. The van der Waals surface area contributed by atoms with Gasteiger partial charge in [0.1, 0.15) is 22.0 Å². The van der Waals surface area contributed by atoms with E-state index in [0.717, 1.165) is 11.1 Å². The quantitative estimate of drug-likeness (QED) is 0.347. The van der Waals surface area contributed by atoms with E-state index in [1.807, 2.05) is 13.8 Å². The van der Waals surface area contributed by atoms with E-state index in [2.05, 4.69) is 15.0 Å². The summed E-state index contributed by atoms with van der Waals surface area (Å²) in [6.07, 6.45) is 1.21. The van der Waals surface area contributed by atoms with E-state index in [-0.39, 0.29) is 18.9 Å². The van der Waals surface area contributed by atoms with E-state index in [0.29, 0.717) is 49.4 Å². The third kappa shape index (κ3) is 7.24. The van der Waals surface area contributed by atoms with Gasteiger partial charge >= 0.3 is 18.2 Å². The number of ether oxygens (including phenoxy) is 3. The second kappa shape index (κ2) is 11.8. The average molecular weight is 613 g/mol. The predicted molar refractivity (Wildman–Crippen MR) is 161 cm³/mol. The number of hydrogen-bond donors (Lipinski definition) is 1. The molecular formula is C29H36N6O7S. The van der Waals surface area contributed by atoms with Gasteiger partial charge in [0, 0.05) is 23.1 Å². The van der Waals surface area contributed by atoms with Crippen molar-refractivity contribution in [2.45, 2.75) is 84.6 Å². The highest BCUT2D eigenvalue weighted by Crippen LogP contribution is 2.37. The Morgan fingerprint density at radius 3 is 2.23 bits per heavy atom. The van der Waals surface area contributed by atoms with Gasteiger partial charge < -0.3 is 19.3 Å². The molecule has 0 saturated carbocycles. The van der Waals surface area contributed by atoms with E-state index < -0.39 is 29.4 Å². The molecule has 0 spiro atoms. The summed E-state index contributed by atoms with van der Waals surface area (Å²) in [5.41, 5.74) is 1.89. The van der Waals surface area contributed by atoms with Gasteiger partial charge in [0.15, 0.2) is 5.65 Å². The van der Waals surface area contributed by atoms with Crippen molar-refractivity contribution < 1.29 is 33.7 Å². The number of aliphatic carboxylic acids is 1. The van der Waals surface area contributed by atoms with Gasteiger partial charge in [-0.25, -0.2) is 19.3 Å². The fourth-order valence-electron chi connectivity index (χ4n) is 4.39. The van der Waals surface area contributed by atoms with Crippen LogP contribution in [0.2, 0.25) is 0 Å². The Bertz CT molecular complexity index is 1610. The lowest BCUT2D eigenvalue weighted by Gasteiger charge is -2.27. The van der Waals surface area contributed by atoms with Crippen LogP contribution in [0.25, 0.3) is 17.1 Å². The van der Waals surface area contributed by atoms with Crippen LogP contribution < -0.4 is 9.64 Å². The van der Waals surface area contributed by atoms with E-state index >= 15 is 0 Å². The molecule has 3 aromatic rings. The number of hydrogen-bond acceptors (Lipinski definition) is 11. The number of amides is 2. The summed E-state index contributed by atoms with van der Waals surface area (Å²) < 4.78 is 18.2. The minimum absolute atomic E-state index is 0.167. The van der Waals surface area contributed by atoms with E-state index in [4.69, 9.17) is 19.3 Å². The first kappa shape index (κ1) is 31.7. The molecule has 1 aliphatic heterocycles. The van der Waals surface area contributed by atoms with Gasteiger partial charge in [-0.2, -0.15) is 10.1 Å². The molecule has 43 heavy (non-hydrogen) atoms. The number of carboxylic acid groups (broad SMARTS) is 1. The summed E-state index contributed by atoms with van der Waals surface area (Å²) in [6, 6.07) is 0. The van der Waals surface area contributed by atoms with Crippen LogP contribution in [0.3, 0.4) is 0 Å². The predicted octanol–water partition coefficient (Wildman–Crippen LogP) is 5.54. The smallest absolute Gasteiger partial charge is 0.427 e. The van der Waals surface area contributed by atoms with Crippen molar-refractivity contribution in [1.29, 1.82) is 0 Å². The van der Waals surface area contributed by atoms with Gasteiger partial charge in [0.05, 0.1) is 36.8 Å². The van der Waals surface area contributed by atoms with Crippen molar-refractivity contribution in [3.8, 4) is 5.75 Å². The molecule has 1 aliphatic rings. The zero-order valence-electron chi connectivity index (χ0n) is 25.8. The van der Waals surface area contributed by atoms with Crippen molar-refractivity contribution in [2.24, 2.45) is 0 Å². The summed E-state index contributed by atoms with van der Waals surface area (Å²) in [6.45, 7) is 14.0. The molecule has 2 amide bonds. The summed E-state index contributed by atoms with van der Waals surface area (Å²) in [7, 11) is 1.59. The second-order valence-electron chi connectivity index (χ2n) is 12.1. The lowest BCUT2D eigenvalue weighted by molar-refractivity contribution is -0.136. The largest absolute Gasteiger partial charge is 0.496 e. The zero-order chi connectivity index (χ0) is 31.9. The van der Waals surface area contributed by atoms with Crippen LogP contribution in [0.5, 0.6) is 5.75 Å². The number of carboxylic acids is 1. The Morgan fingerprint density at radius 1 is 1.05 bits per heavy atom. The fourth-order valence-corrected chi connectivity index (χ4v) is 5.38. The highest BCUT2D eigenvalue weighted by Gasteiger charge is 2.36. The van der Waals surface area contributed by atoms with Crippen LogP contribution in [0, 0.1) is 13.8 Å². The van der Waals surface area contributed by atoms with Crippen molar-refractivity contribution in [2.75, 3.05) is 17.8 Å². The molecule has 0 aliphatic carbocycles.